The standard InChI is InChI=1S/C24H20F5N3O2/c25-16-5-1-13(2-6-16)22-14(3-8-21(33)31-19-9-10-30-23(19)34)11-20(32-22)17-7-4-15(12-18(17)26)24(27,28)29/h1-2,4-7,11-12,19,32H,3,8-10H2,(H,30,34)(H,31,33). The molecule has 4 rings (SSSR count). The minimum atomic E-state index is -4.68. The molecule has 2 aromatic carbocycles. The zero-order chi connectivity index (χ0) is 24.5. The molecule has 178 valence electrons. The molecular formula is C24H20F5N3O2. The van der Waals surface area contributed by atoms with Crippen LogP contribution in [0.15, 0.2) is 48.5 Å². The molecule has 1 aliphatic heterocycles. The van der Waals surface area contributed by atoms with E-state index in [2.05, 4.69) is 15.6 Å². The maximum atomic E-state index is 14.6. The molecule has 3 N–H and O–H groups in total. The normalized spacial score (nSPS) is 15.9. The number of nitrogens with one attached hydrogen (secondary N) is 3. The lowest BCUT2D eigenvalue weighted by Crippen LogP contribution is -2.40. The van der Waals surface area contributed by atoms with Gasteiger partial charge in [-0.3, -0.25) is 9.59 Å². The number of hydrogen-bond donors (Lipinski definition) is 3. The Balaban J connectivity index is 1.62. The molecule has 0 spiro atoms. The van der Waals surface area contributed by atoms with E-state index in [9.17, 15) is 31.5 Å². The Morgan fingerprint density at radius 3 is 2.41 bits per heavy atom. The van der Waals surface area contributed by atoms with Crippen LogP contribution in [0.4, 0.5) is 22.0 Å². The largest absolute Gasteiger partial charge is 0.416 e. The van der Waals surface area contributed by atoms with Crippen LogP contribution in [0, 0.1) is 11.6 Å². The van der Waals surface area contributed by atoms with Crippen molar-refractivity contribution in [1.29, 1.82) is 0 Å². The molecule has 1 saturated heterocycles. The van der Waals surface area contributed by atoms with Crippen molar-refractivity contribution < 1.29 is 31.5 Å². The van der Waals surface area contributed by atoms with Gasteiger partial charge in [-0.1, -0.05) is 0 Å². The second kappa shape index (κ2) is 9.28. The van der Waals surface area contributed by atoms with Crippen LogP contribution < -0.4 is 10.6 Å². The van der Waals surface area contributed by atoms with E-state index in [1.807, 2.05) is 0 Å². The zero-order valence-electron chi connectivity index (χ0n) is 17.7. The number of benzene rings is 2. The van der Waals surface area contributed by atoms with E-state index in [0.717, 1.165) is 12.1 Å². The number of H-pyrrole nitrogens is 1. The highest BCUT2D eigenvalue weighted by molar-refractivity contribution is 5.89. The summed E-state index contributed by atoms with van der Waals surface area (Å²) in [5.41, 5.74) is 0.677. The van der Waals surface area contributed by atoms with Gasteiger partial charge in [0.15, 0.2) is 0 Å². The smallest absolute Gasteiger partial charge is 0.354 e. The summed E-state index contributed by atoms with van der Waals surface area (Å²) >= 11 is 0. The first-order valence-electron chi connectivity index (χ1n) is 10.5. The average Bonchev–Trinajstić information content (AvgIpc) is 3.38. The third kappa shape index (κ3) is 5.11. The molecule has 10 heteroatoms. The fourth-order valence-corrected chi connectivity index (χ4v) is 3.87. The monoisotopic (exact) mass is 477 g/mol. The number of halogens is 5. The molecule has 5 nitrogen and oxygen atoms in total. The molecule has 3 aromatic rings. The first-order valence-corrected chi connectivity index (χ1v) is 10.5. The maximum absolute atomic E-state index is 14.6. The van der Waals surface area contributed by atoms with Crippen molar-refractivity contribution in [3.05, 3.63) is 71.3 Å². The summed E-state index contributed by atoms with van der Waals surface area (Å²) in [6.45, 7) is 0.484. The Morgan fingerprint density at radius 1 is 1.06 bits per heavy atom. The van der Waals surface area contributed by atoms with Crippen LogP contribution in [0.2, 0.25) is 0 Å². The van der Waals surface area contributed by atoms with Gasteiger partial charge in [0.05, 0.1) is 5.56 Å². The lowest BCUT2D eigenvalue weighted by atomic mass is 10.0. The molecule has 0 aliphatic carbocycles. The molecule has 1 unspecified atom stereocenters. The molecule has 1 atom stereocenters. The Labute approximate surface area is 191 Å². The highest BCUT2D eigenvalue weighted by Crippen LogP contribution is 2.35. The Morgan fingerprint density at radius 2 is 1.79 bits per heavy atom. The number of amides is 2. The molecule has 1 aliphatic rings. The second-order valence-corrected chi connectivity index (χ2v) is 7.98. The predicted octanol–water partition coefficient (Wildman–Crippen LogP) is 4.58. The average molecular weight is 477 g/mol. The summed E-state index contributed by atoms with van der Waals surface area (Å²) in [4.78, 5) is 27.0. The third-order valence-corrected chi connectivity index (χ3v) is 5.62. The molecule has 1 aromatic heterocycles. The molecule has 34 heavy (non-hydrogen) atoms. The highest BCUT2D eigenvalue weighted by Gasteiger charge is 2.31. The summed E-state index contributed by atoms with van der Waals surface area (Å²) in [6, 6.07) is 8.69. The van der Waals surface area contributed by atoms with Gasteiger partial charge in [0.25, 0.3) is 0 Å². The first kappa shape index (κ1) is 23.5. The summed E-state index contributed by atoms with van der Waals surface area (Å²) in [7, 11) is 0. The number of carbonyl (C=O) groups is 2. The number of carbonyl (C=O) groups excluding carboxylic acids is 2. The SMILES string of the molecule is O=C(CCc1cc(-c2ccc(C(F)(F)F)cc2F)[nH]c1-c1ccc(F)cc1)NC1CCNC1=O. The molecular weight excluding hydrogens is 457 g/mol. The lowest BCUT2D eigenvalue weighted by Gasteiger charge is -2.10. The Bertz CT molecular complexity index is 1220. The van der Waals surface area contributed by atoms with Gasteiger partial charge < -0.3 is 15.6 Å². The number of aromatic nitrogens is 1. The van der Waals surface area contributed by atoms with Gasteiger partial charge in [-0.15, -0.1) is 0 Å². The van der Waals surface area contributed by atoms with Gasteiger partial charge in [-0.05, 0) is 72.5 Å². The fourth-order valence-electron chi connectivity index (χ4n) is 3.87. The summed E-state index contributed by atoms with van der Waals surface area (Å²) in [5.74, 6) is -2.11. The van der Waals surface area contributed by atoms with E-state index in [1.165, 1.54) is 24.3 Å². The van der Waals surface area contributed by atoms with Crippen LogP contribution in [0.3, 0.4) is 0 Å². The topological polar surface area (TPSA) is 74.0 Å². The second-order valence-electron chi connectivity index (χ2n) is 7.98. The molecule has 1 fully saturated rings. The van der Waals surface area contributed by atoms with E-state index < -0.39 is 29.4 Å². The third-order valence-electron chi connectivity index (χ3n) is 5.62. The zero-order valence-corrected chi connectivity index (χ0v) is 17.7. The molecule has 0 bridgehead atoms. The van der Waals surface area contributed by atoms with Gasteiger partial charge in [-0.2, -0.15) is 13.2 Å². The molecule has 2 heterocycles. The van der Waals surface area contributed by atoms with Gasteiger partial charge in [0.2, 0.25) is 11.8 Å². The fraction of sp³-hybridized carbons (Fsp3) is 0.250. The predicted molar refractivity (Wildman–Crippen MR) is 114 cm³/mol. The number of rotatable bonds is 6. The van der Waals surface area contributed by atoms with Crippen LogP contribution in [0.5, 0.6) is 0 Å². The minimum Gasteiger partial charge on any atom is -0.354 e. The Hall–Kier alpha value is -3.69. The van der Waals surface area contributed by atoms with E-state index in [4.69, 9.17) is 0 Å². The van der Waals surface area contributed by atoms with Crippen molar-refractivity contribution in [2.45, 2.75) is 31.5 Å². The van der Waals surface area contributed by atoms with Crippen LogP contribution in [0.25, 0.3) is 22.5 Å². The number of hydrogen-bond acceptors (Lipinski definition) is 2. The number of aryl methyl sites for hydroxylation is 1. The Kier molecular flexibility index (Phi) is 6.41. The van der Waals surface area contributed by atoms with Crippen LogP contribution >= 0.6 is 0 Å². The van der Waals surface area contributed by atoms with Crippen molar-refractivity contribution >= 4 is 11.8 Å². The maximum Gasteiger partial charge on any atom is 0.416 e. The van der Waals surface area contributed by atoms with Crippen molar-refractivity contribution in [1.82, 2.24) is 15.6 Å². The van der Waals surface area contributed by atoms with Crippen molar-refractivity contribution in [2.75, 3.05) is 6.54 Å². The molecule has 0 radical (unpaired) electrons. The quantitative estimate of drug-likeness (QED) is 0.455. The van der Waals surface area contributed by atoms with Gasteiger partial charge in [0.1, 0.15) is 17.7 Å². The van der Waals surface area contributed by atoms with Crippen LogP contribution in [-0.2, 0) is 22.2 Å². The van der Waals surface area contributed by atoms with Crippen LogP contribution in [-0.4, -0.2) is 29.4 Å². The van der Waals surface area contributed by atoms with Gasteiger partial charge >= 0.3 is 6.18 Å². The number of alkyl halides is 3. The van der Waals surface area contributed by atoms with Gasteiger partial charge in [-0.25, -0.2) is 8.78 Å². The lowest BCUT2D eigenvalue weighted by molar-refractivity contribution is -0.137. The van der Waals surface area contributed by atoms with E-state index in [1.54, 1.807) is 6.07 Å². The molecule has 2 amide bonds. The first-order chi connectivity index (χ1) is 16.1. The van der Waals surface area contributed by atoms with E-state index >= 15 is 0 Å². The molecule has 0 saturated carbocycles. The number of aromatic amines is 1. The summed E-state index contributed by atoms with van der Waals surface area (Å²) < 4.78 is 66.7. The van der Waals surface area contributed by atoms with Crippen molar-refractivity contribution in [3.8, 4) is 22.5 Å². The van der Waals surface area contributed by atoms with Crippen molar-refractivity contribution in [3.63, 3.8) is 0 Å². The van der Waals surface area contributed by atoms with Crippen LogP contribution in [0.1, 0.15) is 24.0 Å². The van der Waals surface area contributed by atoms with Gasteiger partial charge in [0, 0.05) is 29.9 Å². The van der Waals surface area contributed by atoms with Crippen molar-refractivity contribution in [2.24, 2.45) is 0 Å². The minimum absolute atomic E-state index is 0.0186. The van der Waals surface area contributed by atoms with E-state index in [-0.39, 0.29) is 35.9 Å². The summed E-state index contributed by atoms with van der Waals surface area (Å²) in [6.07, 6.45) is -3.97. The summed E-state index contributed by atoms with van der Waals surface area (Å²) in [5, 5.41) is 5.28. The van der Waals surface area contributed by atoms with E-state index in [0.29, 0.717) is 35.9 Å². The highest BCUT2D eigenvalue weighted by atomic mass is 19.4.